The summed E-state index contributed by atoms with van der Waals surface area (Å²) in [4.78, 5) is 20.7. The number of aryl methyl sites for hydroxylation is 2. The summed E-state index contributed by atoms with van der Waals surface area (Å²) < 4.78 is 6.90. The van der Waals surface area contributed by atoms with Crippen molar-refractivity contribution in [2.45, 2.75) is 36.8 Å². The summed E-state index contributed by atoms with van der Waals surface area (Å²) in [5.74, 6) is 1.09. The highest BCUT2D eigenvalue weighted by atomic mass is 35.5. The molecule has 10 heteroatoms. The standard InChI is InChI=1S/C19H20ClN5O2S2/c1-4-27-17(26)11-29-19-24-23-16(25(19)15-7-5-6-14(20)9-15)10-28-18-21-12(2)8-13(3)22-18/h5-9H,4,10-11H2,1-3H3. The molecule has 0 spiro atoms. The van der Waals surface area contributed by atoms with Gasteiger partial charge in [-0.3, -0.25) is 9.36 Å². The van der Waals surface area contributed by atoms with Crippen molar-refractivity contribution in [3.05, 3.63) is 52.6 Å². The highest BCUT2D eigenvalue weighted by Gasteiger charge is 2.17. The molecule has 0 fully saturated rings. The molecule has 0 aliphatic heterocycles. The normalized spacial score (nSPS) is 10.9. The van der Waals surface area contributed by atoms with Gasteiger partial charge in [0.15, 0.2) is 10.3 Å². The number of rotatable bonds is 8. The SMILES string of the molecule is CCOC(=O)CSc1nnc(CSc2nc(C)cc(C)n2)n1-c1cccc(Cl)c1. The summed E-state index contributed by atoms with van der Waals surface area (Å²) in [7, 11) is 0. The van der Waals surface area contributed by atoms with Crippen molar-refractivity contribution in [1.82, 2.24) is 24.7 Å². The van der Waals surface area contributed by atoms with Crippen LogP contribution in [0.2, 0.25) is 5.02 Å². The number of hydrogen-bond donors (Lipinski definition) is 0. The van der Waals surface area contributed by atoms with Crippen molar-refractivity contribution in [2.75, 3.05) is 12.4 Å². The van der Waals surface area contributed by atoms with E-state index in [2.05, 4.69) is 20.2 Å². The molecule has 0 amide bonds. The largest absolute Gasteiger partial charge is 0.465 e. The van der Waals surface area contributed by atoms with Gasteiger partial charge in [-0.2, -0.15) is 0 Å². The molecule has 3 aromatic rings. The first-order valence-corrected chi connectivity index (χ1v) is 11.2. The summed E-state index contributed by atoms with van der Waals surface area (Å²) in [6, 6.07) is 9.36. The summed E-state index contributed by atoms with van der Waals surface area (Å²) in [5.41, 5.74) is 2.66. The summed E-state index contributed by atoms with van der Waals surface area (Å²) in [6.07, 6.45) is 0. The van der Waals surface area contributed by atoms with Crippen molar-refractivity contribution in [3.63, 3.8) is 0 Å². The molecule has 1 aromatic carbocycles. The Hall–Kier alpha value is -2.10. The zero-order valence-electron chi connectivity index (χ0n) is 16.3. The molecule has 0 unspecified atom stereocenters. The van der Waals surface area contributed by atoms with Crippen LogP contribution in [0.4, 0.5) is 0 Å². The van der Waals surface area contributed by atoms with E-state index in [9.17, 15) is 4.79 Å². The van der Waals surface area contributed by atoms with Gasteiger partial charge in [-0.1, -0.05) is 41.2 Å². The lowest BCUT2D eigenvalue weighted by Crippen LogP contribution is -2.08. The molecule has 0 saturated heterocycles. The first-order valence-electron chi connectivity index (χ1n) is 8.90. The van der Waals surface area contributed by atoms with E-state index in [1.165, 1.54) is 23.5 Å². The number of hydrogen-bond acceptors (Lipinski definition) is 8. The fourth-order valence-electron chi connectivity index (χ4n) is 2.58. The molecule has 0 aliphatic rings. The van der Waals surface area contributed by atoms with Crippen LogP contribution < -0.4 is 0 Å². The van der Waals surface area contributed by atoms with Crippen LogP contribution in [-0.2, 0) is 15.3 Å². The monoisotopic (exact) mass is 449 g/mol. The van der Waals surface area contributed by atoms with E-state index >= 15 is 0 Å². The topological polar surface area (TPSA) is 82.8 Å². The van der Waals surface area contributed by atoms with Gasteiger partial charge in [-0.25, -0.2) is 9.97 Å². The van der Waals surface area contributed by atoms with Crippen LogP contribution in [0.15, 0.2) is 40.6 Å². The van der Waals surface area contributed by atoms with E-state index in [-0.39, 0.29) is 11.7 Å². The second-order valence-corrected chi connectivity index (χ2v) is 8.35. The fraction of sp³-hybridized carbons (Fsp3) is 0.316. The zero-order valence-corrected chi connectivity index (χ0v) is 18.6. The number of thioether (sulfide) groups is 2. The smallest absolute Gasteiger partial charge is 0.316 e. The predicted octanol–water partition coefficient (Wildman–Crippen LogP) is 4.28. The van der Waals surface area contributed by atoms with Crippen LogP contribution in [0, 0.1) is 13.8 Å². The fourth-order valence-corrected chi connectivity index (χ4v) is 4.39. The third-order valence-corrected chi connectivity index (χ3v) is 5.66. The number of carbonyl (C=O) groups is 1. The molecule has 0 bridgehead atoms. The van der Waals surface area contributed by atoms with E-state index in [0.717, 1.165) is 17.1 Å². The maximum Gasteiger partial charge on any atom is 0.316 e. The quantitative estimate of drug-likeness (QED) is 0.286. The average Bonchev–Trinajstić information content (AvgIpc) is 3.07. The number of aromatic nitrogens is 5. The van der Waals surface area contributed by atoms with Gasteiger partial charge in [0.2, 0.25) is 0 Å². The Morgan fingerprint density at radius 2 is 1.90 bits per heavy atom. The van der Waals surface area contributed by atoms with E-state index in [4.69, 9.17) is 16.3 Å². The lowest BCUT2D eigenvalue weighted by molar-refractivity contribution is -0.139. The first-order chi connectivity index (χ1) is 14.0. The Labute approximate surface area is 182 Å². The minimum atomic E-state index is -0.294. The van der Waals surface area contributed by atoms with Crippen LogP contribution in [-0.4, -0.2) is 43.1 Å². The van der Waals surface area contributed by atoms with Crippen LogP contribution in [0.25, 0.3) is 5.69 Å². The average molecular weight is 450 g/mol. The van der Waals surface area contributed by atoms with Gasteiger partial charge < -0.3 is 4.74 Å². The predicted molar refractivity (Wildman–Crippen MR) is 115 cm³/mol. The molecule has 29 heavy (non-hydrogen) atoms. The van der Waals surface area contributed by atoms with Crippen molar-refractivity contribution < 1.29 is 9.53 Å². The number of carbonyl (C=O) groups excluding carboxylic acids is 1. The lowest BCUT2D eigenvalue weighted by atomic mass is 10.3. The summed E-state index contributed by atoms with van der Waals surface area (Å²) in [6.45, 7) is 6.01. The van der Waals surface area contributed by atoms with Crippen molar-refractivity contribution in [2.24, 2.45) is 0 Å². The molecule has 0 atom stereocenters. The summed E-state index contributed by atoms with van der Waals surface area (Å²) in [5, 5.41) is 10.5. The molecule has 0 saturated carbocycles. The van der Waals surface area contributed by atoms with Gasteiger partial charge in [0.1, 0.15) is 5.82 Å². The van der Waals surface area contributed by atoms with Gasteiger partial charge in [0.05, 0.1) is 23.8 Å². The van der Waals surface area contributed by atoms with Crippen molar-refractivity contribution >= 4 is 41.1 Å². The Kier molecular flexibility index (Phi) is 7.51. The van der Waals surface area contributed by atoms with E-state index in [1.54, 1.807) is 13.0 Å². The third kappa shape index (κ3) is 5.94. The van der Waals surface area contributed by atoms with Crippen LogP contribution >= 0.6 is 35.1 Å². The molecular formula is C19H20ClN5O2S2. The minimum absolute atomic E-state index is 0.153. The Balaban J connectivity index is 1.86. The van der Waals surface area contributed by atoms with E-state index < -0.39 is 0 Å². The van der Waals surface area contributed by atoms with Crippen molar-refractivity contribution in [1.29, 1.82) is 0 Å². The molecule has 7 nitrogen and oxygen atoms in total. The highest BCUT2D eigenvalue weighted by molar-refractivity contribution is 7.99. The number of esters is 1. The molecule has 0 N–H and O–H groups in total. The third-order valence-electron chi connectivity index (χ3n) is 3.68. The van der Waals surface area contributed by atoms with Gasteiger partial charge in [0.25, 0.3) is 0 Å². The Morgan fingerprint density at radius 1 is 1.14 bits per heavy atom. The van der Waals surface area contributed by atoms with E-state index in [1.807, 2.05) is 42.7 Å². The van der Waals surface area contributed by atoms with Crippen LogP contribution in [0.3, 0.4) is 0 Å². The second-order valence-electron chi connectivity index (χ2n) is 6.03. The zero-order chi connectivity index (χ0) is 20.8. The maximum absolute atomic E-state index is 11.8. The molecule has 0 radical (unpaired) electrons. The second kappa shape index (κ2) is 10.1. The van der Waals surface area contributed by atoms with Gasteiger partial charge in [-0.05, 0) is 45.0 Å². The first kappa shape index (κ1) is 21.6. The van der Waals surface area contributed by atoms with Crippen molar-refractivity contribution in [3.8, 4) is 5.69 Å². The van der Waals surface area contributed by atoms with E-state index in [0.29, 0.717) is 33.5 Å². The molecule has 152 valence electrons. The Bertz CT molecular complexity index is 992. The minimum Gasteiger partial charge on any atom is -0.465 e. The molecule has 2 heterocycles. The number of benzene rings is 1. The van der Waals surface area contributed by atoms with Crippen LogP contribution in [0.1, 0.15) is 24.1 Å². The number of halogens is 1. The molecule has 3 rings (SSSR count). The molecule has 0 aliphatic carbocycles. The maximum atomic E-state index is 11.8. The number of ether oxygens (including phenoxy) is 1. The van der Waals surface area contributed by atoms with Gasteiger partial charge in [-0.15, -0.1) is 10.2 Å². The summed E-state index contributed by atoms with van der Waals surface area (Å²) >= 11 is 8.94. The van der Waals surface area contributed by atoms with Gasteiger partial charge >= 0.3 is 5.97 Å². The highest BCUT2D eigenvalue weighted by Crippen LogP contribution is 2.27. The van der Waals surface area contributed by atoms with Crippen LogP contribution in [0.5, 0.6) is 0 Å². The Morgan fingerprint density at radius 3 is 2.59 bits per heavy atom. The molecule has 2 aromatic heterocycles. The lowest BCUT2D eigenvalue weighted by Gasteiger charge is -2.10. The molecular weight excluding hydrogens is 430 g/mol. The number of nitrogens with zero attached hydrogens (tertiary/aromatic N) is 5. The van der Waals surface area contributed by atoms with Gasteiger partial charge in [0, 0.05) is 16.4 Å².